The number of aliphatic hydroxyl groups is 1. The topological polar surface area (TPSA) is 63.8 Å². The first-order valence-corrected chi connectivity index (χ1v) is 8.74. The molecule has 5 nitrogen and oxygen atoms in total. The zero-order valence-electron chi connectivity index (χ0n) is 13.5. The molecule has 2 aromatic heterocycles. The lowest BCUT2D eigenvalue weighted by atomic mass is 9.81. The van der Waals surface area contributed by atoms with Crippen LogP contribution in [0.4, 0.5) is 0 Å². The molecule has 0 amide bonds. The first-order chi connectivity index (χ1) is 11.8. The van der Waals surface area contributed by atoms with Crippen LogP contribution in [0.25, 0.3) is 22.3 Å². The Morgan fingerprint density at radius 2 is 1.92 bits per heavy atom. The van der Waals surface area contributed by atoms with Gasteiger partial charge in [-0.3, -0.25) is 9.67 Å². The summed E-state index contributed by atoms with van der Waals surface area (Å²) in [6.07, 6.45) is 8.48. The molecule has 0 unspecified atom stereocenters. The molecule has 2 saturated carbocycles. The quantitative estimate of drug-likeness (QED) is 0.801. The minimum atomic E-state index is 0.288. The summed E-state index contributed by atoms with van der Waals surface area (Å²) in [6, 6.07) is 8.39. The lowest BCUT2D eigenvalue weighted by Gasteiger charge is -2.34. The Bertz CT molecular complexity index is 893. The van der Waals surface area contributed by atoms with Crippen molar-refractivity contribution >= 4 is 11.0 Å². The Balaban J connectivity index is 1.54. The number of aromatic nitrogens is 4. The lowest BCUT2D eigenvalue weighted by Crippen LogP contribution is -2.29. The highest BCUT2D eigenvalue weighted by Gasteiger charge is 2.34. The predicted molar refractivity (Wildman–Crippen MR) is 91.6 cm³/mol. The summed E-state index contributed by atoms with van der Waals surface area (Å²) in [7, 11) is 0. The Hall–Kier alpha value is -2.27. The Morgan fingerprint density at radius 1 is 1.12 bits per heavy atom. The second kappa shape index (κ2) is 5.38. The van der Waals surface area contributed by atoms with E-state index in [4.69, 9.17) is 10.1 Å². The van der Waals surface area contributed by atoms with Gasteiger partial charge in [0.25, 0.3) is 0 Å². The van der Waals surface area contributed by atoms with Crippen LogP contribution >= 0.6 is 0 Å². The van der Waals surface area contributed by atoms with E-state index >= 15 is 0 Å². The molecule has 24 heavy (non-hydrogen) atoms. The summed E-state index contributed by atoms with van der Waals surface area (Å²) in [6.45, 7) is 0.288. The van der Waals surface area contributed by atoms with Gasteiger partial charge >= 0.3 is 0 Å². The van der Waals surface area contributed by atoms with Crippen LogP contribution in [0.5, 0.6) is 0 Å². The molecule has 1 N–H and O–H groups in total. The van der Waals surface area contributed by atoms with E-state index < -0.39 is 0 Å². The van der Waals surface area contributed by atoms with Crippen molar-refractivity contribution in [3.63, 3.8) is 0 Å². The molecular weight excluding hydrogens is 300 g/mol. The summed E-state index contributed by atoms with van der Waals surface area (Å²) < 4.78 is 2.10. The van der Waals surface area contributed by atoms with Gasteiger partial charge < -0.3 is 5.11 Å². The summed E-state index contributed by atoms with van der Waals surface area (Å²) in [5.41, 5.74) is 5.06. The van der Waals surface area contributed by atoms with E-state index in [1.54, 1.807) is 0 Å². The van der Waals surface area contributed by atoms with Crippen LogP contribution in [0, 0.1) is 5.92 Å². The van der Waals surface area contributed by atoms with E-state index in [0.29, 0.717) is 17.9 Å². The summed E-state index contributed by atoms with van der Waals surface area (Å²) in [5.74, 6) is 1.01. The highest BCUT2D eigenvalue weighted by atomic mass is 16.3. The van der Waals surface area contributed by atoms with Crippen molar-refractivity contribution in [3.05, 3.63) is 42.4 Å². The SMILES string of the molecule is OC[C@H]1C[C@H](n2cc(-c3cnc4ccccc4n3)c(C3CC3)n2)C1. The summed E-state index contributed by atoms with van der Waals surface area (Å²) in [5, 5.41) is 14.1. The highest BCUT2D eigenvalue weighted by molar-refractivity contribution is 5.77. The summed E-state index contributed by atoms with van der Waals surface area (Å²) >= 11 is 0. The fraction of sp³-hybridized carbons (Fsp3) is 0.421. The maximum atomic E-state index is 9.24. The van der Waals surface area contributed by atoms with Crippen molar-refractivity contribution in [1.82, 2.24) is 19.7 Å². The van der Waals surface area contributed by atoms with Gasteiger partial charge in [-0.25, -0.2) is 4.98 Å². The van der Waals surface area contributed by atoms with E-state index in [2.05, 4.69) is 15.9 Å². The smallest absolute Gasteiger partial charge is 0.0927 e. The Kier molecular flexibility index (Phi) is 3.16. The predicted octanol–water partition coefficient (Wildman–Crippen LogP) is 3.31. The lowest BCUT2D eigenvalue weighted by molar-refractivity contribution is 0.105. The minimum Gasteiger partial charge on any atom is -0.396 e. The maximum absolute atomic E-state index is 9.24. The molecule has 0 atom stereocenters. The molecule has 122 valence electrons. The average Bonchev–Trinajstić information content (AvgIpc) is 3.33. The van der Waals surface area contributed by atoms with E-state index in [-0.39, 0.29) is 6.61 Å². The first-order valence-electron chi connectivity index (χ1n) is 8.74. The van der Waals surface area contributed by atoms with Crippen LogP contribution in [0.1, 0.15) is 43.3 Å². The van der Waals surface area contributed by atoms with Gasteiger partial charge in [-0.15, -0.1) is 0 Å². The Morgan fingerprint density at radius 3 is 2.67 bits per heavy atom. The molecule has 2 fully saturated rings. The molecule has 1 aromatic carbocycles. The number of nitrogens with zero attached hydrogens (tertiary/aromatic N) is 4. The molecule has 0 radical (unpaired) electrons. The minimum absolute atomic E-state index is 0.288. The van der Waals surface area contributed by atoms with E-state index in [1.807, 2.05) is 30.5 Å². The van der Waals surface area contributed by atoms with E-state index in [9.17, 15) is 5.11 Å². The zero-order chi connectivity index (χ0) is 16.1. The largest absolute Gasteiger partial charge is 0.396 e. The Labute approximate surface area is 140 Å². The number of para-hydroxylation sites is 2. The van der Waals surface area contributed by atoms with Crippen LogP contribution in [0.2, 0.25) is 0 Å². The van der Waals surface area contributed by atoms with Crippen molar-refractivity contribution in [2.75, 3.05) is 6.61 Å². The van der Waals surface area contributed by atoms with Gasteiger partial charge in [0.15, 0.2) is 0 Å². The summed E-state index contributed by atoms with van der Waals surface area (Å²) in [4.78, 5) is 9.37. The van der Waals surface area contributed by atoms with Crippen LogP contribution < -0.4 is 0 Å². The zero-order valence-corrected chi connectivity index (χ0v) is 13.5. The standard InChI is InChI=1S/C19H20N4O/c24-11-12-7-14(8-12)23-10-15(19(22-23)13-5-6-13)18-9-20-16-3-1-2-4-17(16)21-18/h1-4,9-10,12-14,24H,5-8,11H2/t12-,14-. The number of hydrogen-bond acceptors (Lipinski definition) is 4. The number of rotatable bonds is 4. The van der Waals surface area contributed by atoms with E-state index in [0.717, 1.165) is 35.1 Å². The second-order valence-corrected chi connectivity index (χ2v) is 7.10. The van der Waals surface area contributed by atoms with Gasteiger partial charge in [0, 0.05) is 24.3 Å². The maximum Gasteiger partial charge on any atom is 0.0927 e. The molecule has 5 rings (SSSR count). The van der Waals surface area contributed by atoms with Crippen LogP contribution in [0.3, 0.4) is 0 Å². The fourth-order valence-corrected chi connectivity index (χ4v) is 3.60. The molecule has 0 spiro atoms. The monoisotopic (exact) mass is 320 g/mol. The van der Waals surface area contributed by atoms with Crippen molar-refractivity contribution in [2.45, 2.75) is 37.6 Å². The van der Waals surface area contributed by atoms with Gasteiger partial charge in [0.2, 0.25) is 0 Å². The van der Waals surface area contributed by atoms with Crippen LogP contribution in [0.15, 0.2) is 36.7 Å². The first kappa shape index (κ1) is 14.1. The third-order valence-corrected chi connectivity index (χ3v) is 5.29. The number of benzene rings is 1. The third-order valence-electron chi connectivity index (χ3n) is 5.29. The van der Waals surface area contributed by atoms with Crippen molar-refractivity contribution < 1.29 is 5.11 Å². The fourth-order valence-electron chi connectivity index (χ4n) is 3.60. The number of aliphatic hydroxyl groups excluding tert-OH is 1. The van der Waals surface area contributed by atoms with Gasteiger partial charge in [-0.1, -0.05) is 12.1 Å². The molecule has 5 heteroatoms. The molecule has 0 bridgehead atoms. The molecular formula is C19H20N4O. The number of hydrogen-bond donors (Lipinski definition) is 1. The third kappa shape index (κ3) is 2.31. The molecule has 3 aromatic rings. The molecule has 2 heterocycles. The van der Waals surface area contributed by atoms with Gasteiger partial charge in [0.1, 0.15) is 0 Å². The van der Waals surface area contributed by atoms with Crippen molar-refractivity contribution in [3.8, 4) is 11.3 Å². The van der Waals surface area contributed by atoms with Crippen molar-refractivity contribution in [1.29, 1.82) is 0 Å². The highest BCUT2D eigenvalue weighted by Crippen LogP contribution is 2.45. The molecule has 2 aliphatic carbocycles. The molecule has 2 aliphatic rings. The van der Waals surface area contributed by atoms with Gasteiger partial charge in [-0.2, -0.15) is 5.10 Å². The molecule has 0 saturated heterocycles. The normalized spacial score (nSPS) is 23.4. The van der Waals surface area contributed by atoms with Gasteiger partial charge in [-0.05, 0) is 43.7 Å². The second-order valence-electron chi connectivity index (χ2n) is 7.10. The van der Waals surface area contributed by atoms with Gasteiger partial charge in [0.05, 0.1) is 34.7 Å². The number of fused-ring (bicyclic) bond motifs is 1. The molecule has 0 aliphatic heterocycles. The average molecular weight is 320 g/mol. The van der Waals surface area contributed by atoms with Crippen molar-refractivity contribution in [2.24, 2.45) is 5.92 Å². The van der Waals surface area contributed by atoms with Crippen LogP contribution in [-0.2, 0) is 0 Å². The van der Waals surface area contributed by atoms with Crippen LogP contribution in [-0.4, -0.2) is 31.5 Å². The van der Waals surface area contributed by atoms with E-state index in [1.165, 1.54) is 18.5 Å².